The van der Waals surface area contributed by atoms with Crippen molar-refractivity contribution in [2.45, 2.75) is 27.2 Å². The Balaban J connectivity index is 0. The first-order chi connectivity index (χ1) is 4.83. The Kier molecular flexibility index (Phi) is 7.62. The second-order valence-corrected chi connectivity index (χ2v) is 4.70. The van der Waals surface area contributed by atoms with Crippen molar-refractivity contribution in [3.05, 3.63) is 0 Å². The molecule has 0 aromatic carbocycles. The van der Waals surface area contributed by atoms with Crippen molar-refractivity contribution in [2.75, 3.05) is 12.0 Å². The Hall–Kier alpha value is -0.380. The number of ketones is 1. The Morgan fingerprint density at radius 1 is 1.27 bits per heavy atom. The maximum atomic E-state index is 10.0. The van der Waals surface area contributed by atoms with Gasteiger partial charge in [-0.25, -0.2) is 8.42 Å². The smallest absolute Gasteiger partial charge is 0.147 e. The molecule has 0 atom stereocenters. The molecule has 0 radical (unpaired) electrons. The predicted molar refractivity (Wildman–Crippen MR) is 46.4 cm³/mol. The Morgan fingerprint density at radius 2 is 1.45 bits per heavy atom. The van der Waals surface area contributed by atoms with Crippen LogP contribution in [0, 0.1) is 0 Å². The molecule has 0 fully saturated rings. The van der Waals surface area contributed by atoms with E-state index in [-0.39, 0.29) is 11.5 Å². The molecule has 0 heterocycles. The number of hydrogen-bond donors (Lipinski definition) is 0. The van der Waals surface area contributed by atoms with Crippen LogP contribution in [-0.2, 0) is 14.6 Å². The van der Waals surface area contributed by atoms with Crippen LogP contribution in [0.4, 0.5) is 0 Å². The maximum absolute atomic E-state index is 10.0. The van der Waals surface area contributed by atoms with Crippen molar-refractivity contribution in [3.8, 4) is 0 Å². The molecule has 0 N–H and O–H groups in total. The summed E-state index contributed by atoms with van der Waals surface area (Å²) in [5.74, 6) is 0.498. The van der Waals surface area contributed by atoms with Gasteiger partial charge >= 0.3 is 0 Å². The molecule has 4 heteroatoms. The third-order valence-electron chi connectivity index (χ3n) is 1.02. The summed E-state index contributed by atoms with van der Waals surface area (Å²) in [6, 6.07) is 0. The molecule has 0 aromatic heterocycles. The van der Waals surface area contributed by atoms with E-state index < -0.39 is 9.84 Å². The average Bonchev–Trinajstić information content (AvgIpc) is 1.88. The molecule has 0 aromatic rings. The Morgan fingerprint density at radius 3 is 1.45 bits per heavy atom. The summed E-state index contributed by atoms with van der Waals surface area (Å²) < 4.78 is 20.0. The minimum Gasteiger partial charge on any atom is -0.300 e. The summed E-state index contributed by atoms with van der Waals surface area (Å²) in [7, 11) is -2.66. The minimum atomic E-state index is -2.66. The molecule has 0 spiro atoms. The molecule has 0 bridgehead atoms. The van der Waals surface area contributed by atoms with Crippen LogP contribution in [0.1, 0.15) is 27.2 Å². The Bertz CT molecular complexity index is 192. The fraction of sp³-hybridized carbons (Fsp3) is 0.857. The van der Waals surface area contributed by atoms with Gasteiger partial charge in [-0.1, -0.05) is 13.8 Å². The molecular formula is C7H16O3S. The molecule has 0 aliphatic carbocycles. The number of carbonyl (C=O) groups excluding carboxylic acids is 1. The van der Waals surface area contributed by atoms with E-state index in [2.05, 4.69) is 0 Å². The molecule has 11 heavy (non-hydrogen) atoms. The zero-order valence-corrected chi connectivity index (χ0v) is 8.36. The third kappa shape index (κ3) is 26.2. The first-order valence-electron chi connectivity index (χ1n) is 3.50. The van der Waals surface area contributed by atoms with Crippen LogP contribution in [0.25, 0.3) is 0 Å². The van der Waals surface area contributed by atoms with E-state index in [4.69, 9.17) is 0 Å². The summed E-state index contributed by atoms with van der Waals surface area (Å²) in [6.07, 6.45) is 1.88. The molecule has 0 aliphatic rings. The van der Waals surface area contributed by atoms with Crippen LogP contribution < -0.4 is 0 Å². The molecule has 0 amide bonds. The van der Waals surface area contributed by atoms with E-state index in [1.807, 2.05) is 6.92 Å². The highest BCUT2D eigenvalue weighted by Crippen LogP contribution is 1.75. The highest BCUT2D eigenvalue weighted by molar-refractivity contribution is 7.90. The molecule has 0 aliphatic heterocycles. The molecule has 3 nitrogen and oxygen atoms in total. The molecule has 0 saturated carbocycles. The van der Waals surface area contributed by atoms with E-state index in [1.165, 1.54) is 6.26 Å². The predicted octanol–water partition coefficient (Wildman–Crippen LogP) is 1.04. The second kappa shape index (κ2) is 6.34. The van der Waals surface area contributed by atoms with Gasteiger partial charge in [0.2, 0.25) is 0 Å². The zero-order valence-electron chi connectivity index (χ0n) is 7.55. The van der Waals surface area contributed by atoms with Crippen molar-refractivity contribution >= 4 is 15.6 Å². The van der Waals surface area contributed by atoms with E-state index in [0.717, 1.165) is 0 Å². The summed E-state index contributed by atoms with van der Waals surface area (Å²) in [5, 5.41) is 0. The standard InChI is InChI=1S/C4H8O.C3H8O2S/c1-3-4(2)5;1-3-6(2,4)5/h3H2,1-2H3;3H2,1-2H3. The van der Waals surface area contributed by atoms with Crippen molar-refractivity contribution in [2.24, 2.45) is 0 Å². The van der Waals surface area contributed by atoms with Crippen molar-refractivity contribution < 1.29 is 13.2 Å². The molecule has 68 valence electrons. The van der Waals surface area contributed by atoms with Crippen LogP contribution in [0.5, 0.6) is 0 Å². The summed E-state index contributed by atoms with van der Waals surface area (Å²) in [4.78, 5) is 9.81. The molecular weight excluding hydrogens is 164 g/mol. The van der Waals surface area contributed by atoms with Gasteiger partial charge in [0.05, 0.1) is 0 Å². The first kappa shape index (κ1) is 13.2. The van der Waals surface area contributed by atoms with Gasteiger partial charge in [-0.15, -0.1) is 0 Å². The lowest BCUT2D eigenvalue weighted by Crippen LogP contribution is -1.96. The summed E-state index contributed by atoms with van der Waals surface area (Å²) >= 11 is 0. The first-order valence-corrected chi connectivity index (χ1v) is 5.56. The van der Waals surface area contributed by atoms with Crippen molar-refractivity contribution in [1.82, 2.24) is 0 Å². The maximum Gasteiger partial charge on any atom is 0.147 e. The monoisotopic (exact) mass is 180 g/mol. The highest BCUT2D eigenvalue weighted by atomic mass is 32.2. The number of carbonyl (C=O) groups is 1. The normalized spacial score (nSPS) is 9.82. The van der Waals surface area contributed by atoms with Crippen molar-refractivity contribution in [1.29, 1.82) is 0 Å². The van der Waals surface area contributed by atoms with Crippen LogP contribution in [0.15, 0.2) is 0 Å². The van der Waals surface area contributed by atoms with Crippen LogP contribution in [-0.4, -0.2) is 26.2 Å². The van der Waals surface area contributed by atoms with Crippen LogP contribution >= 0.6 is 0 Å². The number of hydrogen-bond acceptors (Lipinski definition) is 3. The summed E-state index contributed by atoms with van der Waals surface area (Å²) in [6.45, 7) is 5.05. The van der Waals surface area contributed by atoms with E-state index in [1.54, 1.807) is 13.8 Å². The lowest BCUT2D eigenvalue weighted by atomic mass is 10.4. The zero-order chi connectivity index (χ0) is 9.49. The molecule has 0 rings (SSSR count). The largest absolute Gasteiger partial charge is 0.300 e. The van der Waals surface area contributed by atoms with E-state index in [0.29, 0.717) is 6.42 Å². The highest BCUT2D eigenvalue weighted by Gasteiger charge is 1.90. The van der Waals surface area contributed by atoms with Gasteiger partial charge in [0.15, 0.2) is 0 Å². The van der Waals surface area contributed by atoms with Crippen LogP contribution in [0.3, 0.4) is 0 Å². The average molecular weight is 180 g/mol. The Labute approximate surface area is 68.7 Å². The quantitative estimate of drug-likeness (QED) is 0.638. The van der Waals surface area contributed by atoms with Crippen LogP contribution in [0.2, 0.25) is 0 Å². The number of sulfone groups is 1. The number of rotatable bonds is 2. The van der Waals surface area contributed by atoms with Gasteiger partial charge in [-0.2, -0.15) is 0 Å². The van der Waals surface area contributed by atoms with Gasteiger partial charge in [0, 0.05) is 18.4 Å². The lowest BCUT2D eigenvalue weighted by molar-refractivity contribution is -0.116. The third-order valence-corrected chi connectivity index (χ3v) is 2.07. The summed E-state index contributed by atoms with van der Waals surface area (Å²) in [5.41, 5.74) is 0. The van der Waals surface area contributed by atoms with Gasteiger partial charge in [0.1, 0.15) is 15.6 Å². The molecule has 0 unspecified atom stereocenters. The topological polar surface area (TPSA) is 51.2 Å². The lowest BCUT2D eigenvalue weighted by Gasteiger charge is -1.81. The molecule has 0 saturated heterocycles. The number of Topliss-reactive ketones (excluding diaryl/α,β-unsaturated/α-hetero) is 1. The fourth-order valence-corrected chi connectivity index (χ4v) is 0. The second-order valence-electron chi connectivity index (χ2n) is 2.27. The van der Waals surface area contributed by atoms with Gasteiger partial charge in [-0.05, 0) is 6.92 Å². The van der Waals surface area contributed by atoms with Gasteiger partial charge in [-0.3, -0.25) is 0 Å². The van der Waals surface area contributed by atoms with E-state index in [9.17, 15) is 13.2 Å². The van der Waals surface area contributed by atoms with E-state index >= 15 is 0 Å². The van der Waals surface area contributed by atoms with Gasteiger partial charge < -0.3 is 4.79 Å². The minimum absolute atomic E-state index is 0.243. The van der Waals surface area contributed by atoms with Crippen molar-refractivity contribution in [3.63, 3.8) is 0 Å². The fourth-order valence-electron chi connectivity index (χ4n) is 0. The SMILES string of the molecule is CCC(C)=O.CCS(C)(=O)=O. The van der Waals surface area contributed by atoms with Gasteiger partial charge in [0.25, 0.3) is 0 Å².